The Morgan fingerprint density at radius 2 is 1.87 bits per heavy atom. The van der Waals surface area contributed by atoms with Crippen molar-refractivity contribution in [1.82, 2.24) is 30.3 Å². The van der Waals surface area contributed by atoms with Gasteiger partial charge in [-0.1, -0.05) is 30.3 Å². The standard InChI is InChI=1S/C23H29N7O/c1-24-23(27-17-22(31)29(2)15-11-21-10-5-6-12-25-21)26-16-19-8-3-4-9-20(19)18-30-14-7-13-28-30/h3-10,12-14H,11,15-18H2,1-2H3,(H2,24,26,27). The van der Waals surface area contributed by atoms with Crippen molar-refractivity contribution >= 4 is 11.9 Å². The van der Waals surface area contributed by atoms with Crippen molar-refractivity contribution in [3.8, 4) is 0 Å². The van der Waals surface area contributed by atoms with E-state index in [1.54, 1.807) is 31.4 Å². The van der Waals surface area contributed by atoms with Crippen LogP contribution in [0.4, 0.5) is 0 Å². The molecule has 0 aliphatic rings. The van der Waals surface area contributed by atoms with Gasteiger partial charge in [0.25, 0.3) is 0 Å². The van der Waals surface area contributed by atoms with E-state index in [0.29, 0.717) is 25.6 Å². The van der Waals surface area contributed by atoms with Crippen LogP contribution >= 0.6 is 0 Å². The molecule has 0 saturated heterocycles. The van der Waals surface area contributed by atoms with Gasteiger partial charge in [0.15, 0.2) is 5.96 Å². The highest BCUT2D eigenvalue weighted by Gasteiger charge is 2.10. The van der Waals surface area contributed by atoms with Crippen LogP contribution in [0, 0.1) is 0 Å². The number of rotatable bonds is 9. The summed E-state index contributed by atoms with van der Waals surface area (Å²) in [6, 6.07) is 15.9. The van der Waals surface area contributed by atoms with Gasteiger partial charge in [-0.3, -0.25) is 19.5 Å². The first kappa shape index (κ1) is 22.0. The lowest BCUT2D eigenvalue weighted by atomic mass is 10.1. The van der Waals surface area contributed by atoms with Crippen molar-refractivity contribution in [3.63, 3.8) is 0 Å². The molecule has 1 aromatic carbocycles. The van der Waals surface area contributed by atoms with Crippen molar-refractivity contribution in [3.05, 3.63) is 83.9 Å². The zero-order valence-electron chi connectivity index (χ0n) is 18.0. The highest BCUT2D eigenvalue weighted by molar-refractivity contribution is 5.86. The number of nitrogens with one attached hydrogen (secondary N) is 2. The number of hydrogen-bond acceptors (Lipinski definition) is 4. The zero-order chi connectivity index (χ0) is 21.9. The Hall–Kier alpha value is -3.68. The van der Waals surface area contributed by atoms with Gasteiger partial charge in [-0.15, -0.1) is 0 Å². The molecule has 2 aromatic heterocycles. The molecule has 0 unspecified atom stereocenters. The van der Waals surface area contributed by atoms with Crippen LogP contribution in [0.15, 0.2) is 72.1 Å². The lowest BCUT2D eigenvalue weighted by Gasteiger charge is -2.19. The van der Waals surface area contributed by atoms with Crippen molar-refractivity contribution < 1.29 is 4.79 Å². The van der Waals surface area contributed by atoms with Gasteiger partial charge in [0.05, 0.1) is 13.1 Å². The van der Waals surface area contributed by atoms with Crippen LogP contribution in [0.1, 0.15) is 16.8 Å². The maximum atomic E-state index is 12.4. The average molecular weight is 420 g/mol. The van der Waals surface area contributed by atoms with Crippen molar-refractivity contribution in [2.24, 2.45) is 4.99 Å². The maximum absolute atomic E-state index is 12.4. The third-order valence-corrected chi connectivity index (χ3v) is 4.94. The zero-order valence-corrected chi connectivity index (χ0v) is 18.0. The first-order chi connectivity index (χ1) is 15.2. The highest BCUT2D eigenvalue weighted by atomic mass is 16.2. The second kappa shape index (κ2) is 11.5. The summed E-state index contributed by atoms with van der Waals surface area (Å²) < 4.78 is 1.89. The smallest absolute Gasteiger partial charge is 0.241 e. The van der Waals surface area contributed by atoms with E-state index in [4.69, 9.17) is 0 Å². The second-order valence-corrected chi connectivity index (χ2v) is 7.14. The fourth-order valence-corrected chi connectivity index (χ4v) is 3.10. The Kier molecular flexibility index (Phi) is 8.16. The molecule has 0 bridgehead atoms. The van der Waals surface area contributed by atoms with Gasteiger partial charge in [-0.2, -0.15) is 5.10 Å². The number of pyridine rings is 1. The fraction of sp³-hybridized carbons (Fsp3) is 0.304. The van der Waals surface area contributed by atoms with Gasteiger partial charge in [0.2, 0.25) is 5.91 Å². The Morgan fingerprint density at radius 3 is 2.58 bits per heavy atom. The summed E-state index contributed by atoms with van der Waals surface area (Å²) in [4.78, 5) is 22.7. The summed E-state index contributed by atoms with van der Waals surface area (Å²) in [6.07, 6.45) is 6.21. The third kappa shape index (κ3) is 6.95. The summed E-state index contributed by atoms with van der Waals surface area (Å²) in [5, 5.41) is 10.7. The Balaban J connectivity index is 1.46. The summed E-state index contributed by atoms with van der Waals surface area (Å²) in [6.45, 7) is 2.09. The normalized spacial score (nSPS) is 11.2. The van der Waals surface area contributed by atoms with Crippen LogP contribution in [0.25, 0.3) is 0 Å². The van der Waals surface area contributed by atoms with Gasteiger partial charge >= 0.3 is 0 Å². The Morgan fingerprint density at radius 1 is 1.06 bits per heavy atom. The molecule has 2 heterocycles. The van der Waals surface area contributed by atoms with E-state index in [2.05, 4.69) is 37.8 Å². The number of benzene rings is 1. The van der Waals surface area contributed by atoms with Crippen LogP contribution in [0.2, 0.25) is 0 Å². The molecule has 8 nitrogen and oxygen atoms in total. The number of hydrogen-bond donors (Lipinski definition) is 2. The number of carbonyl (C=O) groups excluding carboxylic acids is 1. The monoisotopic (exact) mass is 419 g/mol. The van der Waals surface area contributed by atoms with E-state index >= 15 is 0 Å². The van der Waals surface area contributed by atoms with Gasteiger partial charge in [-0.25, -0.2) is 0 Å². The number of aromatic nitrogens is 3. The predicted octanol–water partition coefficient (Wildman–Crippen LogP) is 1.69. The number of guanidine groups is 1. The van der Waals surface area contributed by atoms with E-state index in [-0.39, 0.29) is 12.5 Å². The van der Waals surface area contributed by atoms with Crippen LogP contribution in [-0.2, 0) is 24.3 Å². The summed E-state index contributed by atoms with van der Waals surface area (Å²) >= 11 is 0. The van der Waals surface area contributed by atoms with Crippen LogP contribution in [-0.4, -0.2) is 58.7 Å². The number of aliphatic imine (C=N–C) groups is 1. The van der Waals surface area contributed by atoms with Crippen molar-refractivity contribution in [2.45, 2.75) is 19.5 Å². The summed E-state index contributed by atoms with van der Waals surface area (Å²) in [7, 11) is 3.49. The molecule has 3 aromatic rings. The third-order valence-electron chi connectivity index (χ3n) is 4.94. The number of likely N-dealkylation sites (N-methyl/N-ethyl adjacent to an activating group) is 1. The summed E-state index contributed by atoms with van der Waals surface area (Å²) in [5.41, 5.74) is 3.31. The molecule has 0 fully saturated rings. The van der Waals surface area contributed by atoms with E-state index in [1.165, 1.54) is 5.56 Å². The highest BCUT2D eigenvalue weighted by Crippen LogP contribution is 2.10. The molecular formula is C23H29N7O. The molecule has 0 spiro atoms. The molecular weight excluding hydrogens is 390 g/mol. The molecule has 162 valence electrons. The van der Waals surface area contributed by atoms with Crippen LogP contribution in [0.3, 0.4) is 0 Å². The van der Waals surface area contributed by atoms with Gasteiger partial charge < -0.3 is 15.5 Å². The molecule has 3 rings (SSSR count). The molecule has 8 heteroatoms. The SMILES string of the molecule is CN=C(NCC(=O)N(C)CCc1ccccn1)NCc1ccccc1Cn1cccn1. The molecule has 1 amide bonds. The number of amides is 1. The minimum atomic E-state index is -0.00189. The molecule has 31 heavy (non-hydrogen) atoms. The predicted molar refractivity (Wildman–Crippen MR) is 122 cm³/mol. The van der Waals surface area contributed by atoms with Gasteiger partial charge in [0, 0.05) is 57.9 Å². The molecule has 0 aliphatic heterocycles. The summed E-state index contributed by atoms with van der Waals surface area (Å²) in [5.74, 6) is 0.582. The van der Waals surface area contributed by atoms with E-state index in [9.17, 15) is 4.79 Å². The molecule has 0 aliphatic carbocycles. The largest absolute Gasteiger partial charge is 0.352 e. The van der Waals surface area contributed by atoms with Gasteiger partial charge in [0.1, 0.15) is 0 Å². The second-order valence-electron chi connectivity index (χ2n) is 7.14. The first-order valence-corrected chi connectivity index (χ1v) is 10.3. The topological polar surface area (TPSA) is 87.4 Å². The van der Waals surface area contributed by atoms with Crippen LogP contribution < -0.4 is 10.6 Å². The lowest BCUT2D eigenvalue weighted by Crippen LogP contribution is -2.43. The molecule has 0 saturated carbocycles. The van der Waals surface area contributed by atoms with E-state index in [1.807, 2.05) is 47.3 Å². The van der Waals surface area contributed by atoms with Crippen LogP contribution in [0.5, 0.6) is 0 Å². The first-order valence-electron chi connectivity index (χ1n) is 10.3. The number of carbonyl (C=O) groups is 1. The van der Waals surface area contributed by atoms with Crippen molar-refractivity contribution in [2.75, 3.05) is 27.2 Å². The average Bonchev–Trinajstić information content (AvgIpc) is 3.32. The molecule has 0 radical (unpaired) electrons. The van der Waals surface area contributed by atoms with Gasteiger partial charge in [-0.05, 0) is 29.3 Å². The fourth-order valence-electron chi connectivity index (χ4n) is 3.10. The minimum absolute atomic E-state index is 0.00189. The molecule has 0 atom stereocenters. The van der Waals surface area contributed by atoms with E-state index in [0.717, 1.165) is 17.7 Å². The molecule has 2 N–H and O–H groups in total. The Labute approximate surface area is 183 Å². The quantitative estimate of drug-likeness (QED) is 0.407. The number of nitrogens with zero attached hydrogens (tertiary/aromatic N) is 5. The maximum Gasteiger partial charge on any atom is 0.241 e. The minimum Gasteiger partial charge on any atom is -0.352 e. The lowest BCUT2D eigenvalue weighted by molar-refractivity contribution is -0.128. The Bertz CT molecular complexity index is 971. The van der Waals surface area contributed by atoms with Crippen molar-refractivity contribution in [1.29, 1.82) is 0 Å². The van der Waals surface area contributed by atoms with E-state index < -0.39 is 0 Å².